The zero-order valence-electron chi connectivity index (χ0n) is 13.7. The Labute approximate surface area is 146 Å². The molecule has 0 saturated carbocycles. The average Bonchev–Trinajstić information content (AvgIpc) is 2.62. The summed E-state index contributed by atoms with van der Waals surface area (Å²) in [5.74, 6) is 3.00. The van der Waals surface area contributed by atoms with Crippen LogP contribution in [0.2, 0.25) is 0 Å². The maximum Gasteiger partial charge on any atom is 0.264 e. The first-order valence-corrected chi connectivity index (χ1v) is 9.17. The van der Waals surface area contributed by atoms with Crippen LogP contribution in [-0.4, -0.2) is 30.9 Å². The molecule has 0 aromatic heterocycles. The van der Waals surface area contributed by atoms with Gasteiger partial charge in [0.2, 0.25) is 6.10 Å². The molecule has 0 aliphatic carbocycles. The molecule has 1 amide bonds. The average molecular weight is 343 g/mol. The molecule has 0 fully saturated rings. The van der Waals surface area contributed by atoms with E-state index in [1.165, 1.54) is 11.1 Å². The van der Waals surface area contributed by atoms with Crippen molar-refractivity contribution in [2.75, 3.05) is 18.9 Å². The van der Waals surface area contributed by atoms with Gasteiger partial charge in [0.25, 0.3) is 5.91 Å². The Morgan fingerprint density at radius 2 is 1.92 bits per heavy atom. The molecule has 4 nitrogen and oxygen atoms in total. The number of nitrogens with one attached hydrogen (secondary N) is 1. The smallest absolute Gasteiger partial charge is 0.264 e. The highest BCUT2D eigenvalue weighted by Gasteiger charge is 2.26. The highest BCUT2D eigenvalue weighted by molar-refractivity contribution is 7.98. The zero-order valence-corrected chi connectivity index (χ0v) is 14.5. The third kappa shape index (κ3) is 4.45. The van der Waals surface area contributed by atoms with E-state index in [1.807, 2.05) is 24.3 Å². The van der Waals surface area contributed by atoms with Gasteiger partial charge in [-0.1, -0.05) is 42.0 Å². The van der Waals surface area contributed by atoms with Crippen molar-refractivity contribution in [3.8, 4) is 11.5 Å². The largest absolute Gasteiger partial charge is 0.485 e. The van der Waals surface area contributed by atoms with Gasteiger partial charge >= 0.3 is 0 Å². The molecule has 1 aliphatic rings. The Hall–Kier alpha value is -2.14. The monoisotopic (exact) mass is 343 g/mol. The molecule has 2 aromatic rings. The molecular weight excluding hydrogens is 322 g/mol. The molecule has 1 aliphatic heterocycles. The number of benzene rings is 2. The van der Waals surface area contributed by atoms with Crippen molar-refractivity contribution in [2.24, 2.45) is 0 Å². The third-order valence-electron chi connectivity index (χ3n) is 3.74. The molecule has 126 valence electrons. The van der Waals surface area contributed by atoms with E-state index in [-0.39, 0.29) is 12.5 Å². The van der Waals surface area contributed by atoms with Gasteiger partial charge in [-0.05, 0) is 24.6 Å². The van der Waals surface area contributed by atoms with Gasteiger partial charge in [0.1, 0.15) is 6.61 Å². The number of fused-ring (bicyclic) bond motifs is 1. The molecule has 1 heterocycles. The Balaban J connectivity index is 1.36. The molecule has 0 unspecified atom stereocenters. The second-order valence-electron chi connectivity index (χ2n) is 5.69. The van der Waals surface area contributed by atoms with E-state index in [0.29, 0.717) is 18.0 Å². The van der Waals surface area contributed by atoms with Crippen LogP contribution in [0.4, 0.5) is 0 Å². The molecule has 3 rings (SSSR count). The summed E-state index contributed by atoms with van der Waals surface area (Å²) in [5, 5.41) is 2.91. The Bertz CT molecular complexity index is 687. The number of thioether (sulfide) groups is 1. The Morgan fingerprint density at radius 1 is 1.17 bits per heavy atom. The van der Waals surface area contributed by atoms with Crippen LogP contribution in [-0.2, 0) is 10.5 Å². The summed E-state index contributed by atoms with van der Waals surface area (Å²) < 4.78 is 11.2. The lowest BCUT2D eigenvalue weighted by Crippen LogP contribution is -2.44. The van der Waals surface area contributed by atoms with E-state index < -0.39 is 6.10 Å². The Kier molecular flexibility index (Phi) is 5.64. The fourth-order valence-electron chi connectivity index (χ4n) is 2.38. The number of amides is 1. The minimum atomic E-state index is -0.581. The van der Waals surface area contributed by atoms with E-state index in [1.54, 1.807) is 11.8 Å². The SMILES string of the molecule is Cc1ccc(CSCCNC(=O)[C@@H]2COc3ccccc3O2)cc1. The number of hydrogen-bond acceptors (Lipinski definition) is 4. The van der Waals surface area contributed by atoms with Crippen LogP contribution in [0.1, 0.15) is 11.1 Å². The number of aryl methyl sites for hydroxylation is 1. The maximum atomic E-state index is 12.2. The van der Waals surface area contributed by atoms with E-state index in [0.717, 1.165) is 11.5 Å². The quantitative estimate of drug-likeness (QED) is 0.819. The molecule has 0 spiro atoms. The van der Waals surface area contributed by atoms with Gasteiger partial charge in [0.05, 0.1) is 0 Å². The zero-order chi connectivity index (χ0) is 16.8. The minimum Gasteiger partial charge on any atom is -0.485 e. The van der Waals surface area contributed by atoms with Gasteiger partial charge in [-0.3, -0.25) is 4.79 Å². The number of carbonyl (C=O) groups is 1. The van der Waals surface area contributed by atoms with Crippen molar-refractivity contribution in [1.29, 1.82) is 0 Å². The summed E-state index contributed by atoms with van der Waals surface area (Å²) in [6.45, 7) is 2.96. The van der Waals surface area contributed by atoms with E-state index in [4.69, 9.17) is 9.47 Å². The van der Waals surface area contributed by atoms with Crippen molar-refractivity contribution in [3.05, 3.63) is 59.7 Å². The van der Waals surface area contributed by atoms with Crippen LogP contribution in [0.25, 0.3) is 0 Å². The van der Waals surface area contributed by atoms with Gasteiger partial charge in [0.15, 0.2) is 11.5 Å². The lowest BCUT2D eigenvalue weighted by Gasteiger charge is -2.25. The highest BCUT2D eigenvalue weighted by Crippen LogP contribution is 2.30. The number of para-hydroxylation sites is 2. The van der Waals surface area contributed by atoms with Crippen molar-refractivity contribution in [3.63, 3.8) is 0 Å². The Morgan fingerprint density at radius 3 is 2.71 bits per heavy atom. The lowest BCUT2D eigenvalue weighted by atomic mass is 10.2. The number of rotatable bonds is 6. The molecule has 2 aromatic carbocycles. The molecule has 1 N–H and O–H groups in total. The lowest BCUT2D eigenvalue weighted by molar-refractivity contribution is -0.130. The van der Waals surface area contributed by atoms with Crippen LogP contribution in [0.5, 0.6) is 11.5 Å². The van der Waals surface area contributed by atoms with Gasteiger partial charge in [-0.25, -0.2) is 0 Å². The summed E-state index contributed by atoms with van der Waals surface area (Å²) in [4.78, 5) is 12.2. The van der Waals surface area contributed by atoms with Crippen LogP contribution in [0, 0.1) is 6.92 Å². The molecule has 24 heavy (non-hydrogen) atoms. The third-order valence-corrected chi connectivity index (χ3v) is 4.77. The van der Waals surface area contributed by atoms with E-state index >= 15 is 0 Å². The van der Waals surface area contributed by atoms with E-state index in [2.05, 4.69) is 36.5 Å². The van der Waals surface area contributed by atoms with Gasteiger partial charge in [0, 0.05) is 18.1 Å². The first kappa shape index (κ1) is 16.7. The summed E-state index contributed by atoms with van der Waals surface area (Å²) >= 11 is 1.80. The highest BCUT2D eigenvalue weighted by atomic mass is 32.2. The van der Waals surface area contributed by atoms with Crippen molar-refractivity contribution in [1.82, 2.24) is 5.32 Å². The molecule has 1 atom stereocenters. The maximum absolute atomic E-state index is 12.2. The fourth-order valence-corrected chi connectivity index (χ4v) is 3.20. The molecule has 0 radical (unpaired) electrons. The minimum absolute atomic E-state index is 0.125. The van der Waals surface area contributed by atoms with Crippen LogP contribution >= 0.6 is 11.8 Å². The standard InChI is InChI=1S/C19H21NO3S/c1-14-6-8-15(9-7-14)13-24-11-10-20-19(21)18-12-22-16-4-2-3-5-17(16)23-18/h2-9,18H,10-13H2,1H3,(H,20,21)/t18-/m0/s1. The number of hydrogen-bond donors (Lipinski definition) is 1. The van der Waals surface area contributed by atoms with Crippen LogP contribution in [0.3, 0.4) is 0 Å². The molecular formula is C19H21NO3S. The first-order chi connectivity index (χ1) is 11.7. The molecule has 5 heteroatoms. The van der Waals surface area contributed by atoms with Crippen molar-refractivity contribution in [2.45, 2.75) is 18.8 Å². The second kappa shape index (κ2) is 8.11. The van der Waals surface area contributed by atoms with Crippen LogP contribution < -0.4 is 14.8 Å². The molecule has 0 saturated heterocycles. The van der Waals surface area contributed by atoms with Crippen molar-refractivity contribution < 1.29 is 14.3 Å². The number of carbonyl (C=O) groups excluding carboxylic acids is 1. The topological polar surface area (TPSA) is 47.6 Å². The second-order valence-corrected chi connectivity index (χ2v) is 6.80. The predicted octanol–water partition coefficient (Wildman–Crippen LogP) is 3.18. The summed E-state index contributed by atoms with van der Waals surface area (Å²) in [7, 11) is 0. The molecule has 0 bridgehead atoms. The van der Waals surface area contributed by atoms with E-state index in [9.17, 15) is 4.79 Å². The van der Waals surface area contributed by atoms with Gasteiger partial charge < -0.3 is 14.8 Å². The van der Waals surface area contributed by atoms with Crippen molar-refractivity contribution >= 4 is 17.7 Å². The summed E-state index contributed by atoms with van der Waals surface area (Å²) in [6, 6.07) is 15.9. The fraction of sp³-hybridized carbons (Fsp3) is 0.316. The normalized spacial score (nSPS) is 15.8. The predicted molar refractivity (Wildman–Crippen MR) is 96.7 cm³/mol. The van der Waals surface area contributed by atoms with Gasteiger partial charge in [-0.2, -0.15) is 11.8 Å². The summed E-state index contributed by atoms with van der Waals surface area (Å²) in [6.07, 6.45) is -0.581. The van der Waals surface area contributed by atoms with Gasteiger partial charge in [-0.15, -0.1) is 0 Å². The van der Waals surface area contributed by atoms with Crippen LogP contribution in [0.15, 0.2) is 48.5 Å². The number of ether oxygens (including phenoxy) is 2. The summed E-state index contributed by atoms with van der Waals surface area (Å²) in [5.41, 5.74) is 2.57. The first-order valence-electron chi connectivity index (χ1n) is 8.02.